The van der Waals surface area contributed by atoms with Gasteiger partial charge >= 0.3 is 0 Å². The van der Waals surface area contributed by atoms with Gasteiger partial charge in [0.1, 0.15) is 11.6 Å². The van der Waals surface area contributed by atoms with E-state index in [0.29, 0.717) is 11.4 Å². The molecule has 2 N–H and O–H groups in total. The van der Waals surface area contributed by atoms with Gasteiger partial charge in [0.15, 0.2) is 0 Å². The van der Waals surface area contributed by atoms with Gasteiger partial charge in [-0.15, -0.1) is 0 Å². The molecular weight excluding hydrogens is 380 g/mol. The van der Waals surface area contributed by atoms with Gasteiger partial charge in [-0.25, -0.2) is 4.98 Å². The van der Waals surface area contributed by atoms with Gasteiger partial charge in [-0.1, -0.05) is 85.0 Å². The van der Waals surface area contributed by atoms with Crippen molar-refractivity contribution in [2.75, 3.05) is 0 Å². The molecular formula is C28H26N2O. The monoisotopic (exact) mass is 406 g/mol. The van der Waals surface area contributed by atoms with Crippen LogP contribution in [0.5, 0.6) is 5.75 Å². The number of nitrogens with zero attached hydrogens (tertiary/aromatic N) is 1. The lowest BCUT2D eigenvalue weighted by Crippen LogP contribution is -1.85. The summed E-state index contributed by atoms with van der Waals surface area (Å²) in [5, 5.41) is 10.6. The van der Waals surface area contributed by atoms with Crippen molar-refractivity contribution in [2.24, 2.45) is 0 Å². The summed E-state index contributed by atoms with van der Waals surface area (Å²) in [6, 6.07) is 22.5. The number of phenols is 1. The molecule has 0 atom stereocenters. The number of para-hydroxylation sites is 1. The van der Waals surface area contributed by atoms with Crippen LogP contribution in [0.15, 0.2) is 78.9 Å². The Morgan fingerprint density at radius 3 is 1.94 bits per heavy atom. The molecule has 0 saturated heterocycles. The predicted octanol–water partition coefficient (Wildman–Crippen LogP) is 7.49. The van der Waals surface area contributed by atoms with E-state index < -0.39 is 0 Å². The Bertz CT molecular complexity index is 1170. The van der Waals surface area contributed by atoms with Crippen LogP contribution in [-0.4, -0.2) is 15.1 Å². The Labute approximate surface area is 183 Å². The molecule has 3 heteroatoms. The first-order valence-corrected chi connectivity index (χ1v) is 10.5. The lowest BCUT2D eigenvalue weighted by atomic mass is 10.0. The summed E-state index contributed by atoms with van der Waals surface area (Å²) in [7, 11) is 0. The number of phenolic OH excluding ortho intramolecular Hbond substituents is 1. The summed E-state index contributed by atoms with van der Waals surface area (Å²) < 4.78 is 0. The number of rotatable bonds is 5. The second-order valence-electron chi connectivity index (χ2n) is 7.52. The number of aromatic amines is 1. The number of nitrogens with one attached hydrogen (secondary N) is 1. The van der Waals surface area contributed by atoms with Gasteiger partial charge in [-0.3, -0.25) is 0 Å². The van der Waals surface area contributed by atoms with Gasteiger partial charge in [0.2, 0.25) is 0 Å². The Hall–Kier alpha value is -3.85. The number of allylic oxidation sites excluding steroid dienone is 2. The molecule has 1 aromatic heterocycles. The molecule has 154 valence electrons. The third kappa shape index (κ3) is 4.22. The topological polar surface area (TPSA) is 48.9 Å². The third-order valence-electron chi connectivity index (χ3n) is 5.30. The summed E-state index contributed by atoms with van der Waals surface area (Å²) in [6.07, 6.45) is 8.21. The number of aromatic hydroxyl groups is 1. The maximum atomic E-state index is 10.6. The number of aromatic nitrogens is 2. The minimum absolute atomic E-state index is 0.251. The lowest BCUT2D eigenvalue weighted by Gasteiger charge is -2.05. The van der Waals surface area contributed by atoms with Crippen molar-refractivity contribution < 1.29 is 5.11 Å². The highest BCUT2D eigenvalue weighted by molar-refractivity contribution is 5.83. The molecule has 0 aliphatic carbocycles. The van der Waals surface area contributed by atoms with E-state index in [9.17, 15) is 5.11 Å². The van der Waals surface area contributed by atoms with Crippen LogP contribution in [0.3, 0.4) is 0 Å². The van der Waals surface area contributed by atoms with Crippen LogP contribution >= 0.6 is 0 Å². The van der Waals surface area contributed by atoms with Crippen LogP contribution in [0.4, 0.5) is 0 Å². The average molecular weight is 407 g/mol. The Morgan fingerprint density at radius 1 is 0.774 bits per heavy atom. The van der Waals surface area contributed by atoms with Gasteiger partial charge in [0.05, 0.1) is 17.0 Å². The zero-order valence-electron chi connectivity index (χ0n) is 18.1. The first kappa shape index (κ1) is 20.4. The predicted molar refractivity (Wildman–Crippen MR) is 131 cm³/mol. The average Bonchev–Trinajstić information content (AvgIpc) is 3.22. The van der Waals surface area contributed by atoms with Crippen molar-refractivity contribution in [3.63, 3.8) is 0 Å². The van der Waals surface area contributed by atoms with E-state index in [-0.39, 0.29) is 5.75 Å². The molecule has 0 radical (unpaired) electrons. The number of hydrogen-bond acceptors (Lipinski definition) is 2. The van der Waals surface area contributed by atoms with Gasteiger partial charge in [-0.05, 0) is 43.5 Å². The molecule has 0 aliphatic heterocycles. The van der Waals surface area contributed by atoms with Crippen LogP contribution in [0.1, 0.15) is 30.5 Å². The molecule has 0 spiro atoms. The molecule has 0 bridgehead atoms. The molecule has 0 fully saturated rings. The fraction of sp³-hybridized carbons (Fsp3) is 0.107. The fourth-order valence-electron chi connectivity index (χ4n) is 3.67. The molecule has 4 aromatic rings. The van der Waals surface area contributed by atoms with Crippen molar-refractivity contribution in [3.05, 3.63) is 95.6 Å². The number of aryl methyl sites for hydroxylation is 1. The van der Waals surface area contributed by atoms with Crippen LogP contribution in [0.2, 0.25) is 0 Å². The van der Waals surface area contributed by atoms with E-state index in [1.807, 2.05) is 51.1 Å². The number of H-pyrrole nitrogens is 1. The Morgan fingerprint density at radius 2 is 1.35 bits per heavy atom. The molecule has 0 amide bonds. The lowest BCUT2D eigenvalue weighted by molar-refractivity contribution is 0.473. The minimum Gasteiger partial charge on any atom is -0.507 e. The van der Waals surface area contributed by atoms with E-state index in [4.69, 9.17) is 4.98 Å². The van der Waals surface area contributed by atoms with E-state index in [1.165, 1.54) is 0 Å². The van der Waals surface area contributed by atoms with Crippen molar-refractivity contribution in [1.29, 1.82) is 0 Å². The van der Waals surface area contributed by atoms with Crippen LogP contribution < -0.4 is 0 Å². The van der Waals surface area contributed by atoms with E-state index in [0.717, 1.165) is 39.2 Å². The number of benzene rings is 3. The number of hydrogen-bond donors (Lipinski definition) is 2. The maximum absolute atomic E-state index is 10.6. The maximum Gasteiger partial charge on any atom is 0.142 e. The zero-order chi connectivity index (χ0) is 21.8. The molecule has 0 unspecified atom stereocenters. The molecule has 0 saturated carbocycles. The van der Waals surface area contributed by atoms with Crippen LogP contribution in [-0.2, 0) is 0 Å². The van der Waals surface area contributed by atoms with Gasteiger partial charge in [0, 0.05) is 11.1 Å². The van der Waals surface area contributed by atoms with Crippen LogP contribution in [0.25, 0.3) is 46.1 Å². The van der Waals surface area contributed by atoms with Gasteiger partial charge in [-0.2, -0.15) is 0 Å². The largest absolute Gasteiger partial charge is 0.507 e. The Balaban J connectivity index is 1.87. The molecule has 4 rings (SSSR count). The van der Waals surface area contributed by atoms with E-state index >= 15 is 0 Å². The summed E-state index contributed by atoms with van der Waals surface area (Å²) >= 11 is 0. The first-order chi connectivity index (χ1) is 15.1. The van der Waals surface area contributed by atoms with Crippen molar-refractivity contribution >= 4 is 12.2 Å². The second kappa shape index (κ2) is 8.88. The third-order valence-corrected chi connectivity index (χ3v) is 5.30. The minimum atomic E-state index is 0.251. The molecule has 31 heavy (non-hydrogen) atoms. The standard InChI is InChI=1S/C28H26N2O/c1-4-7-20-11-15-22(16-12-20)25-26(23-17-13-21(8-5-2)14-18-23)30-28(29-25)24-10-6-9-19(3)27(24)31/h4-18,31H,1-3H3,(H,29,30)/b7-4+,8-5+. The molecule has 1 heterocycles. The highest BCUT2D eigenvalue weighted by atomic mass is 16.3. The number of imidazole rings is 1. The quantitative estimate of drug-likeness (QED) is 0.361. The summed E-state index contributed by atoms with van der Waals surface area (Å²) in [6.45, 7) is 5.92. The highest BCUT2D eigenvalue weighted by Gasteiger charge is 2.17. The van der Waals surface area contributed by atoms with Crippen molar-refractivity contribution in [2.45, 2.75) is 20.8 Å². The fourth-order valence-corrected chi connectivity index (χ4v) is 3.67. The van der Waals surface area contributed by atoms with Gasteiger partial charge in [0.25, 0.3) is 0 Å². The zero-order valence-corrected chi connectivity index (χ0v) is 18.1. The smallest absolute Gasteiger partial charge is 0.142 e. The van der Waals surface area contributed by atoms with Gasteiger partial charge < -0.3 is 10.1 Å². The van der Waals surface area contributed by atoms with E-state index in [1.54, 1.807) is 0 Å². The normalized spacial score (nSPS) is 11.6. The first-order valence-electron chi connectivity index (χ1n) is 10.5. The highest BCUT2D eigenvalue weighted by Crippen LogP contribution is 2.36. The SMILES string of the molecule is C/C=C/c1ccc(-c2nc(-c3cccc(C)c3O)[nH]c2-c2ccc(/C=C/C)cc2)cc1. The molecule has 3 nitrogen and oxygen atoms in total. The molecule has 3 aromatic carbocycles. The summed E-state index contributed by atoms with van der Waals surface area (Å²) in [4.78, 5) is 8.38. The summed E-state index contributed by atoms with van der Waals surface area (Å²) in [5.74, 6) is 0.905. The van der Waals surface area contributed by atoms with E-state index in [2.05, 4.69) is 65.7 Å². The second-order valence-corrected chi connectivity index (χ2v) is 7.52. The van der Waals surface area contributed by atoms with Crippen molar-refractivity contribution in [3.8, 4) is 39.7 Å². The summed E-state index contributed by atoms with van der Waals surface area (Å²) in [5.41, 5.74) is 7.69. The Kier molecular flexibility index (Phi) is 5.85. The van der Waals surface area contributed by atoms with Crippen LogP contribution in [0, 0.1) is 6.92 Å². The van der Waals surface area contributed by atoms with Crippen molar-refractivity contribution in [1.82, 2.24) is 9.97 Å². The molecule has 0 aliphatic rings.